The van der Waals surface area contributed by atoms with Crippen molar-refractivity contribution < 1.29 is 9.53 Å². The number of hydrogen-bond donors (Lipinski definition) is 0. The number of carbonyl (C=O) groups is 1. The molecule has 148 valence electrons. The fourth-order valence-electron chi connectivity index (χ4n) is 3.91. The third kappa shape index (κ3) is 2.88. The van der Waals surface area contributed by atoms with Crippen molar-refractivity contribution in [1.82, 2.24) is 24.7 Å². The molecule has 0 saturated carbocycles. The predicted octanol–water partition coefficient (Wildman–Crippen LogP) is 3.05. The average Bonchev–Trinajstić information content (AvgIpc) is 3.42. The predicted molar refractivity (Wildman–Crippen MR) is 110 cm³/mol. The molecule has 0 amide bonds. The standard InChI is InChI=1S/C20H20N6O2S/c1-11-17(13-7-9-14(28-3)10-8-13)23-26-19(21-22-20(26)29-11)18-15-5-4-6-16(15)25(24-18)12(2)27/h7-11H,4-6H2,1-3H3. The van der Waals surface area contributed by atoms with Crippen molar-refractivity contribution >= 4 is 23.4 Å². The molecule has 2 aromatic heterocycles. The van der Waals surface area contributed by atoms with Crippen LogP contribution >= 0.6 is 11.8 Å². The quantitative estimate of drug-likeness (QED) is 0.662. The number of rotatable bonds is 3. The summed E-state index contributed by atoms with van der Waals surface area (Å²) < 4.78 is 8.53. The van der Waals surface area contributed by atoms with Crippen LogP contribution < -0.4 is 4.74 Å². The zero-order valence-corrected chi connectivity index (χ0v) is 17.2. The number of fused-ring (bicyclic) bond motifs is 2. The molecule has 0 spiro atoms. The average molecular weight is 408 g/mol. The molecule has 0 saturated heterocycles. The van der Waals surface area contributed by atoms with E-state index in [0.29, 0.717) is 11.5 Å². The molecule has 1 aliphatic carbocycles. The summed E-state index contributed by atoms with van der Waals surface area (Å²) >= 11 is 1.61. The van der Waals surface area contributed by atoms with Crippen LogP contribution in [0, 0.1) is 0 Å². The van der Waals surface area contributed by atoms with Gasteiger partial charge in [0.25, 0.3) is 0 Å². The molecule has 3 aromatic rings. The second-order valence-electron chi connectivity index (χ2n) is 7.15. The highest BCUT2D eigenvalue weighted by atomic mass is 32.2. The van der Waals surface area contributed by atoms with Gasteiger partial charge in [0.05, 0.1) is 23.8 Å². The topological polar surface area (TPSA) is 87.2 Å². The van der Waals surface area contributed by atoms with Gasteiger partial charge in [-0.25, -0.2) is 4.68 Å². The van der Waals surface area contributed by atoms with E-state index in [1.54, 1.807) is 23.5 Å². The highest BCUT2D eigenvalue weighted by Crippen LogP contribution is 2.36. The summed E-state index contributed by atoms with van der Waals surface area (Å²) in [7, 11) is 1.65. The fraction of sp³-hybridized carbons (Fsp3) is 0.350. The van der Waals surface area contributed by atoms with E-state index in [9.17, 15) is 4.79 Å². The number of methoxy groups -OCH3 is 1. The molecule has 1 aliphatic heterocycles. The van der Waals surface area contributed by atoms with Gasteiger partial charge in [-0.1, -0.05) is 11.8 Å². The zero-order valence-electron chi connectivity index (χ0n) is 16.4. The molecule has 0 N–H and O–H groups in total. The number of nitrogens with zero attached hydrogens (tertiary/aromatic N) is 6. The van der Waals surface area contributed by atoms with Crippen LogP contribution in [-0.2, 0) is 12.8 Å². The van der Waals surface area contributed by atoms with Gasteiger partial charge in [0.1, 0.15) is 11.4 Å². The first-order valence-corrected chi connectivity index (χ1v) is 10.4. The molecule has 8 nitrogen and oxygen atoms in total. The smallest absolute Gasteiger partial charge is 0.243 e. The Kier molecular flexibility index (Phi) is 4.27. The van der Waals surface area contributed by atoms with Crippen LogP contribution in [0.15, 0.2) is 34.5 Å². The number of benzene rings is 1. The number of thioether (sulfide) groups is 1. The maximum atomic E-state index is 12.0. The van der Waals surface area contributed by atoms with Gasteiger partial charge >= 0.3 is 0 Å². The second kappa shape index (κ2) is 6.84. The minimum Gasteiger partial charge on any atom is -0.497 e. The van der Waals surface area contributed by atoms with Crippen molar-refractivity contribution in [3.05, 3.63) is 41.1 Å². The van der Waals surface area contributed by atoms with Crippen LogP contribution in [0.5, 0.6) is 5.75 Å². The van der Waals surface area contributed by atoms with Crippen molar-refractivity contribution in [2.45, 2.75) is 43.5 Å². The summed E-state index contributed by atoms with van der Waals surface area (Å²) in [5.74, 6) is 1.31. The van der Waals surface area contributed by atoms with Gasteiger partial charge in [0, 0.05) is 12.5 Å². The van der Waals surface area contributed by atoms with Crippen LogP contribution in [0.2, 0.25) is 0 Å². The first-order chi connectivity index (χ1) is 14.1. The molecule has 1 unspecified atom stereocenters. The Hall–Kier alpha value is -2.94. The zero-order chi connectivity index (χ0) is 20.1. The molecule has 1 aromatic carbocycles. The van der Waals surface area contributed by atoms with Gasteiger partial charge < -0.3 is 4.74 Å². The fourth-order valence-corrected chi connectivity index (χ4v) is 4.84. The molecule has 2 aliphatic rings. The summed E-state index contributed by atoms with van der Waals surface area (Å²) in [5, 5.41) is 19.0. The lowest BCUT2D eigenvalue weighted by Gasteiger charge is -2.20. The molecule has 0 bridgehead atoms. The molecule has 0 fully saturated rings. The van der Waals surface area contributed by atoms with Gasteiger partial charge in [0.15, 0.2) is 0 Å². The summed E-state index contributed by atoms with van der Waals surface area (Å²) in [5.41, 5.74) is 4.74. The Morgan fingerprint density at radius 3 is 2.72 bits per heavy atom. The largest absolute Gasteiger partial charge is 0.497 e. The Bertz CT molecular complexity index is 1140. The van der Waals surface area contributed by atoms with Crippen LogP contribution in [0.4, 0.5) is 0 Å². The molecular weight excluding hydrogens is 388 g/mol. The van der Waals surface area contributed by atoms with E-state index >= 15 is 0 Å². The molecule has 1 atom stereocenters. The molecule has 9 heteroatoms. The molecular formula is C20H20N6O2S. The maximum Gasteiger partial charge on any atom is 0.243 e. The number of aromatic nitrogens is 5. The molecule has 29 heavy (non-hydrogen) atoms. The monoisotopic (exact) mass is 408 g/mol. The summed E-state index contributed by atoms with van der Waals surface area (Å²) in [4.78, 5) is 12.0. The Balaban J connectivity index is 1.62. The summed E-state index contributed by atoms with van der Waals surface area (Å²) in [6.07, 6.45) is 2.76. The third-order valence-corrected chi connectivity index (χ3v) is 6.36. The van der Waals surface area contributed by atoms with Crippen molar-refractivity contribution in [3.63, 3.8) is 0 Å². The summed E-state index contributed by atoms with van der Waals surface area (Å²) in [6, 6.07) is 7.87. The number of hydrogen-bond acceptors (Lipinski definition) is 7. The van der Waals surface area contributed by atoms with Gasteiger partial charge in [-0.05, 0) is 56.0 Å². The van der Waals surface area contributed by atoms with Gasteiger partial charge in [-0.3, -0.25) is 4.79 Å². The van der Waals surface area contributed by atoms with Gasteiger partial charge in [0.2, 0.25) is 16.9 Å². The highest BCUT2D eigenvalue weighted by Gasteiger charge is 2.31. The molecule has 0 radical (unpaired) electrons. The molecule has 3 heterocycles. The van der Waals surface area contributed by atoms with E-state index in [2.05, 4.69) is 22.2 Å². The minimum absolute atomic E-state index is 0.0850. The van der Waals surface area contributed by atoms with Crippen LogP contribution in [0.3, 0.4) is 0 Å². The van der Waals surface area contributed by atoms with E-state index in [1.807, 2.05) is 24.3 Å². The van der Waals surface area contributed by atoms with E-state index < -0.39 is 0 Å². The van der Waals surface area contributed by atoms with Gasteiger partial charge in [-0.2, -0.15) is 14.9 Å². The number of carbonyl (C=O) groups excluding carboxylic acids is 1. The van der Waals surface area contributed by atoms with E-state index in [4.69, 9.17) is 9.84 Å². The van der Waals surface area contributed by atoms with Gasteiger partial charge in [-0.15, -0.1) is 10.2 Å². The Morgan fingerprint density at radius 2 is 2.00 bits per heavy atom. The Labute approximate surface area is 172 Å². The van der Waals surface area contributed by atoms with Crippen LogP contribution in [0.25, 0.3) is 11.5 Å². The minimum atomic E-state index is -0.0850. The first kappa shape index (κ1) is 18.1. The first-order valence-electron chi connectivity index (χ1n) is 9.54. The van der Waals surface area contributed by atoms with E-state index in [1.165, 1.54) is 11.6 Å². The van der Waals surface area contributed by atoms with Crippen LogP contribution in [0.1, 0.15) is 41.9 Å². The lowest BCUT2D eigenvalue weighted by Crippen LogP contribution is -2.21. The summed E-state index contributed by atoms with van der Waals surface area (Å²) in [6.45, 7) is 3.64. The lowest BCUT2D eigenvalue weighted by atomic mass is 10.1. The van der Waals surface area contributed by atoms with Crippen molar-refractivity contribution in [2.24, 2.45) is 5.10 Å². The van der Waals surface area contributed by atoms with Crippen molar-refractivity contribution in [2.75, 3.05) is 7.11 Å². The van der Waals surface area contributed by atoms with E-state index in [-0.39, 0.29) is 11.2 Å². The van der Waals surface area contributed by atoms with Crippen molar-refractivity contribution in [1.29, 1.82) is 0 Å². The lowest BCUT2D eigenvalue weighted by molar-refractivity contribution is 0.0918. The van der Waals surface area contributed by atoms with Crippen molar-refractivity contribution in [3.8, 4) is 17.3 Å². The highest BCUT2D eigenvalue weighted by molar-refractivity contribution is 8.00. The number of ether oxygens (including phenoxy) is 1. The SMILES string of the molecule is COc1ccc(C2=Nn3c(nnc3-c3nn(C(C)=O)c4c3CCC4)SC2C)cc1. The molecule has 5 rings (SSSR count). The maximum absolute atomic E-state index is 12.0. The third-order valence-electron chi connectivity index (χ3n) is 5.31. The second-order valence-corrected chi connectivity index (χ2v) is 8.46. The normalized spacial score (nSPS) is 17.6. The Morgan fingerprint density at radius 1 is 1.21 bits per heavy atom. The van der Waals surface area contributed by atoms with Crippen LogP contribution in [-0.4, -0.2) is 48.6 Å². The van der Waals surface area contributed by atoms with E-state index in [0.717, 1.165) is 52.7 Å².